The Hall–Kier alpha value is -1.63. The molecular weight excluding hydrogens is 246 g/mol. The number of nitro groups is 1. The van der Waals surface area contributed by atoms with E-state index < -0.39 is 0 Å². The van der Waals surface area contributed by atoms with Gasteiger partial charge in [0, 0.05) is 25.7 Å². The topological polar surface area (TPSA) is 76.2 Å². The van der Waals surface area contributed by atoms with Gasteiger partial charge in [0.1, 0.15) is 5.69 Å². The molecular formula is C12H23N5O2. The van der Waals surface area contributed by atoms with Crippen molar-refractivity contribution in [1.82, 2.24) is 14.7 Å². The summed E-state index contributed by atoms with van der Waals surface area (Å²) in [6.07, 6.45) is 0. The molecule has 0 aliphatic carbocycles. The zero-order valence-corrected chi connectivity index (χ0v) is 12.3. The van der Waals surface area contributed by atoms with Crippen molar-refractivity contribution in [2.24, 2.45) is 0 Å². The van der Waals surface area contributed by atoms with Gasteiger partial charge in [-0.25, -0.2) is 4.68 Å². The van der Waals surface area contributed by atoms with Crippen molar-refractivity contribution < 1.29 is 4.92 Å². The fourth-order valence-electron chi connectivity index (χ4n) is 1.80. The molecule has 1 aromatic rings. The molecule has 0 saturated heterocycles. The maximum absolute atomic E-state index is 11.1. The van der Waals surface area contributed by atoms with Crippen LogP contribution in [0.4, 0.5) is 11.5 Å². The molecule has 1 N–H and O–H groups in total. The van der Waals surface area contributed by atoms with Crippen LogP contribution in [-0.2, 0) is 6.54 Å². The van der Waals surface area contributed by atoms with Gasteiger partial charge in [-0.15, -0.1) is 0 Å². The molecule has 1 heterocycles. The van der Waals surface area contributed by atoms with Crippen LogP contribution in [0.1, 0.15) is 26.5 Å². The Bertz CT molecular complexity index is 442. The number of aromatic nitrogens is 2. The summed E-state index contributed by atoms with van der Waals surface area (Å²) in [4.78, 5) is 12.9. The van der Waals surface area contributed by atoms with E-state index in [1.54, 1.807) is 11.6 Å². The van der Waals surface area contributed by atoms with E-state index in [9.17, 15) is 10.1 Å². The van der Waals surface area contributed by atoms with Crippen LogP contribution in [0.5, 0.6) is 0 Å². The summed E-state index contributed by atoms with van der Waals surface area (Å²) in [5, 5.41) is 18.4. The molecule has 7 nitrogen and oxygen atoms in total. The van der Waals surface area contributed by atoms with Crippen LogP contribution in [-0.4, -0.2) is 45.8 Å². The minimum Gasteiger partial charge on any atom is -0.363 e. The van der Waals surface area contributed by atoms with Gasteiger partial charge in [0.05, 0.1) is 4.92 Å². The third kappa shape index (κ3) is 3.66. The fourth-order valence-corrected chi connectivity index (χ4v) is 1.80. The average molecular weight is 269 g/mol. The van der Waals surface area contributed by atoms with Crippen LogP contribution in [0, 0.1) is 17.0 Å². The maximum atomic E-state index is 11.1. The van der Waals surface area contributed by atoms with E-state index in [0.29, 0.717) is 30.6 Å². The highest BCUT2D eigenvalue weighted by atomic mass is 16.6. The van der Waals surface area contributed by atoms with Gasteiger partial charge in [0.15, 0.2) is 0 Å². The smallest absolute Gasteiger partial charge is 0.333 e. The summed E-state index contributed by atoms with van der Waals surface area (Å²) < 4.78 is 1.64. The maximum Gasteiger partial charge on any atom is 0.333 e. The van der Waals surface area contributed by atoms with Crippen LogP contribution in [0.15, 0.2) is 0 Å². The molecule has 0 aliphatic heterocycles. The summed E-state index contributed by atoms with van der Waals surface area (Å²) in [5.41, 5.74) is 0.528. The first-order chi connectivity index (χ1) is 8.88. The van der Waals surface area contributed by atoms with Crippen LogP contribution >= 0.6 is 0 Å². The van der Waals surface area contributed by atoms with Gasteiger partial charge in [0.25, 0.3) is 0 Å². The number of nitrogens with zero attached hydrogens (tertiary/aromatic N) is 4. The Morgan fingerprint density at radius 1 is 1.53 bits per heavy atom. The number of anilines is 1. The van der Waals surface area contributed by atoms with Crippen LogP contribution in [0.2, 0.25) is 0 Å². The molecule has 0 bridgehead atoms. The van der Waals surface area contributed by atoms with Crippen molar-refractivity contribution in [3.63, 3.8) is 0 Å². The molecule has 0 aromatic carbocycles. The van der Waals surface area contributed by atoms with Crippen molar-refractivity contribution in [2.75, 3.05) is 25.5 Å². The molecule has 0 atom stereocenters. The number of rotatable bonds is 7. The van der Waals surface area contributed by atoms with E-state index in [1.165, 1.54) is 0 Å². The van der Waals surface area contributed by atoms with Crippen molar-refractivity contribution in [3.05, 3.63) is 15.8 Å². The largest absolute Gasteiger partial charge is 0.363 e. The minimum atomic E-state index is -0.372. The Kier molecular flexibility index (Phi) is 5.29. The summed E-state index contributed by atoms with van der Waals surface area (Å²) in [7, 11) is 2.03. The van der Waals surface area contributed by atoms with Gasteiger partial charge in [-0.3, -0.25) is 10.1 Å². The Morgan fingerprint density at radius 2 is 2.16 bits per heavy atom. The average Bonchev–Trinajstić information content (AvgIpc) is 2.65. The minimum absolute atomic E-state index is 0.0778. The number of nitrogens with one attached hydrogen (secondary N) is 1. The van der Waals surface area contributed by atoms with Gasteiger partial charge in [-0.2, -0.15) is 5.10 Å². The molecule has 1 aromatic heterocycles. The van der Waals surface area contributed by atoms with E-state index >= 15 is 0 Å². The summed E-state index contributed by atoms with van der Waals surface area (Å²) in [5.74, 6) is 0.502. The first-order valence-corrected chi connectivity index (χ1v) is 6.54. The first-order valence-electron chi connectivity index (χ1n) is 6.54. The molecule has 0 fully saturated rings. The predicted octanol–water partition coefficient (Wildman–Crippen LogP) is 1.87. The Balaban J connectivity index is 2.79. The van der Waals surface area contributed by atoms with Gasteiger partial charge in [-0.05, 0) is 34.7 Å². The van der Waals surface area contributed by atoms with Gasteiger partial charge >= 0.3 is 5.69 Å². The van der Waals surface area contributed by atoms with Crippen LogP contribution in [0.25, 0.3) is 0 Å². The van der Waals surface area contributed by atoms with Gasteiger partial charge in [-0.1, -0.05) is 0 Å². The lowest BCUT2D eigenvalue weighted by atomic mass is 10.3. The molecule has 1 rings (SSSR count). The zero-order chi connectivity index (χ0) is 14.6. The number of aryl methyl sites for hydroxylation is 2. The highest BCUT2D eigenvalue weighted by molar-refractivity contribution is 5.59. The second-order valence-corrected chi connectivity index (χ2v) is 4.86. The van der Waals surface area contributed by atoms with Gasteiger partial charge in [0.2, 0.25) is 5.82 Å². The number of hydrogen-bond acceptors (Lipinski definition) is 5. The zero-order valence-electron chi connectivity index (χ0n) is 12.3. The van der Waals surface area contributed by atoms with Crippen molar-refractivity contribution in [3.8, 4) is 0 Å². The van der Waals surface area contributed by atoms with E-state index in [-0.39, 0.29) is 10.6 Å². The fraction of sp³-hybridized carbons (Fsp3) is 0.750. The third-order valence-electron chi connectivity index (χ3n) is 3.22. The predicted molar refractivity (Wildman–Crippen MR) is 75.5 cm³/mol. The molecule has 0 amide bonds. The third-order valence-corrected chi connectivity index (χ3v) is 3.22. The Morgan fingerprint density at radius 3 is 2.63 bits per heavy atom. The summed E-state index contributed by atoms with van der Waals surface area (Å²) in [6, 6.07) is 0.453. The van der Waals surface area contributed by atoms with Gasteiger partial charge < -0.3 is 10.2 Å². The van der Waals surface area contributed by atoms with Crippen LogP contribution < -0.4 is 5.32 Å². The molecule has 108 valence electrons. The molecule has 0 aliphatic rings. The Labute approximate surface area is 113 Å². The first kappa shape index (κ1) is 15.4. The monoisotopic (exact) mass is 269 g/mol. The van der Waals surface area contributed by atoms with E-state index in [2.05, 4.69) is 29.2 Å². The summed E-state index contributed by atoms with van der Waals surface area (Å²) >= 11 is 0. The van der Waals surface area contributed by atoms with E-state index in [4.69, 9.17) is 0 Å². The quantitative estimate of drug-likeness (QED) is 0.604. The highest BCUT2D eigenvalue weighted by Crippen LogP contribution is 2.27. The standard InChI is InChI=1S/C12H23N5O2/c1-6-16-12(11(17(18)19)10(4)14-16)13-7-8-15(5)9(2)3/h9,13H,6-8H2,1-5H3. The molecule has 19 heavy (non-hydrogen) atoms. The molecule has 0 unspecified atom stereocenters. The second kappa shape index (κ2) is 6.51. The lowest BCUT2D eigenvalue weighted by molar-refractivity contribution is -0.384. The molecule has 0 saturated carbocycles. The van der Waals surface area contributed by atoms with Crippen molar-refractivity contribution in [2.45, 2.75) is 40.3 Å². The second-order valence-electron chi connectivity index (χ2n) is 4.86. The van der Waals surface area contributed by atoms with Crippen molar-refractivity contribution in [1.29, 1.82) is 0 Å². The molecule has 0 spiro atoms. The SMILES string of the molecule is CCn1nc(C)c([N+](=O)[O-])c1NCCN(C)C(C)C. The lowest BCUT2D eigenvalue weighted by Crippen LogP contribution is -2.31. The normalized spacial score (nSPS) is 11.3. The van der Waals surface area contributed by atoms with Crippen molar-refractivity contribution >= 4 is 11.5 Å². The number of hydrogen-bond donors (Lipinski definition) is 1. The highest BCUT2D eigenvalue weighted by Gasteiger charge is 2.24. The molecule has 7 heteroatoms. The molecule has 0 radical (unpaired) electrons. The van der Waals surface area contributed by atoms with Crippen LogP contribution in [0.3, 0.4) is 0 Å². The lowest BCUT2D eigenvalue weighted by Gasteiger charge is -2.21. The van der Waals surface area contributed by atoms with E-state index in [0.717, 1.165) is 6.54 Å². The summed E-state index contributed by atoms with van der Waals surface area (Å²) in [6.45, 7) is 9.89. The van der Waals surface area contributed by atoms with E-state index in [1.807, 2.05) is 14.0 Å². The number of likely N-dealkylation sites (N-methyl/N-ethyl adjacent to an activating group) is 1.